The van der Waals surface area contributed by atoms with Crippen LogP contribution >= 0.6 is 11.5 Å². The summed E-state index contributed by atoms with van der Waals surface area (Å²) in [6, 6.07) is 7.30. The summed E-state index contributed by atoms with van der Waals surface area (Å²) in [5.74, 6) is 1.41. The molecule has 5 nitrogen and oxygen atoms in total. The van der Waals surface area contributed by atoms with Gasteiger partial charge in [-0.05, 0) is 48.8 Å². The Kier molecular flexibility index (Phi) is 3.92. The first-order valence-electron chi connectivity index (χ1n) is 8.18. The molecule has 0 saturated heterocycles. The lowest BCUT2D eigenvalue weighted by Gasteiger charge is -2.06. The molecule has 2 aliphatic rings. The van der Waals surface area contributed by atoms with E-state index in [0.29, 0.717) is 11.8 Å². The van der Waals surface area contributed by atoms with Crippen LogP contribution in [0.3, 0.4) is 0 Å². The van der Waals surface area contributed by atoms with E-state index in [1.165, 1.54) is 22.8 Å². The molecule has 0 aliphatic heterocycles. The second-order valence-corrected chi connectivity index (χ2v) is 7.49. The molecule has 2 aromatic rings. The first kappa shape index (κ1) is 15.4. The van der Waals surface area contributed by atoms with Gasteiger partial charge < -0.3 is 9.47 Å². The summed E-state index contributed by atoms with van der Waals surface area (Å²) in [5, 5.41) is 0. The third-order valence-corrected chi connectivity index (χ3v) is 6.23. The minimum atomic E-state index is -0.330. The van der Waals surface area contributed by atoms with E-state index in [2.05, 4.69) is 0 Å². The Bertz CT molecular complexity index is 821. The summed E-state index contributed by atoms with van der Waals surface area (Å²) in [6.45, 7) is 0.0188. The van der Waals surface area contributed by atoms with E-state index < -0.39 is 0 Å². The number of hydrogen-bond donors (Lipinski definition) is 0. The fourth-order valence-corrected chi connectivity index (χ4v) is 5.02. The maximum Gasteiger partial charge on any atom is 0.312 e. The lowest BCUT2D eigenvalue weighted by atomic mass is 10.00. The van der Waals surface area contributed by atoms with Crippen LogP contribution in [0, 0.1) is 0 Å². The molecule has 2 atom stereocenters. The summed E-state index contributed by atoms with van der Waals surface area (Å²) < 4.78 is 12.0. The quantitative estimate of drug-likeness (QED) is 0.782. The fraction of sp³-hybridized carbons (Fsp3) is 0.444. The van der Waals surface area contributed by atoms with Crippen LogP contribution in [0.25, 0.3) is 0 Å². The molecule has 2 unspecified atom stereocenters. The van der Waals surface area contributed by atoms with E-state index in [0.717, 1.165) is 29.7 Å². The number of ether oxygens (including phenoxy) is 2. The standard InChI is InChI=1S/C18H19NO4S/c1-22-14-6-2-11(3-7-14)8-15(20)23-10-19-18(21)16-12-4-5-13(9-12)17(16)24-19/h2-3,6-7,12-13H,4-5,8-10H2,1H3. The molecule has 126 valence electrons. The van der Waals surface area contributed by atoms with Crippen LogP contribution in [0.1, 0.15) is 47.1 Å². The van der Waals surface area contributed by atoms with Gasteiger partial charge in [0.1, 0.15) is 5.75 Å². The summed E-state index contributed by atoms with van der Waals surface area (Å²) in [6.07, 6.45) is 3.64. The number of carbonyl (C=O) groups is 1. The van der Waals surface area contributed by atoms with E-state index in [4.69, 9.17) is 9.47 Å². The van der Waals surface area contributed by atoms with E-state index in [1.807, 2.05) is 24.3 Å². The lowest BCUT2D eigenvalue weighted by molar-refractivity contribution is -0.146. The molecule has 0 radical (unpaired) electrons. The molecule has 1 saturated carbocycles. The Balaban J connectivity index is 1.39. The predicted molar refractivity (Wildman–Crippen MR) is 90.7 cm³/mol. The van der Waals surface area contributed by atoms with Gasteiger partial charge in [-0.25, -0.2) is 3.96 Å². The van der Waals surface area contributed by atoms with Crippen molar-refractivity contribution in [3.63, 3.8) is 0 Å². The predicted octanol–water partition coefficient (Wildman–Crippen LogP) is 3.03. The van der Waals surface area contributed by atoms with Crippen LogP contribution in [0.5, 0.6) is 5.75 Å². The number of nitrogens with zero attached hydrogens (tertiary/aromatic N) is 1. The highest BCUT2D eigenvalue weighted by Crippen LogP contribution is 2.53. The number of hydrogen-bond acceptors (Lipinski definition) is 5. The molecule has 2 aliphatic carbocycles. The number of esters is 1. The van der Waals surface area contributed by atoms with Crippen molar-refractivity contribution >= 4 is 17.5 Å². The van der Waals surface area contributed by atoms with Gasteiger partial charge in [0.25, 0.3) is 5.56 Å². The SMILES string of the molecule is COc1ccc(CC(=O)OCn2sc3c(c2=O)C2CCC3C2)cc1. The van der Waals surface area contributed by atoms with Crippen LogP contribution in [-0.2, 0) is 22.7 Å². The zero-order valence-electron chi connectivity index (χ0n) is 13.5. The smallest absolute Gasteiger partial charge is 0.312 e. The lowest BCUT2D eigenvalue weighted by Crippen LogP contribution is -2.21. The fourth-order valence-electron chi connectivity index (χ4n) is 3.78. The van der Waals surface area contributed by atoms with E-state index in [9.17, 15) is 9.59 Å². The van der Waals surface area contributed by atoms with Gasteiger partial charge in [-0.15, -0.1) is 0 Å². The van der Waals surface area contributed by atoms with Crippen molar-refractivity contribution in [2.45, 2.75) is 44.2 Å². The third-order valence-electron chi connectivity index (χ3n) is 4.99. The monoisotopic (exact) mass is 345 g/mol. The van der Waals surface area contributed by atoms with Gasteiger partial charge in [0, 0.05) is 10.4 Å². The molecular weight excluding hydrogens is 326 g/mol. The molecule has 1 aromatic carbocycles. The van der Waals surface area contributed by atoms with Gasteiger partial charge in [0.2, 0.25) is 0 Å². The van der Waals surface area contributed by atoms with Crippen LogP contribution in [0.4, 0.5) is 0 Å². The minimum Gasteiger partial charge on any atom is -0.497 e. The van der Waals surface area contributed by atoms with Crippen molar-refractivity contribution in [3.05, 3.63) is 50.6 Å². The van der Waals surface area contributed by atoms with Gasteiger partial charge in [-0.2, -0.15) is 0 Å². The number of rotatable bonds is 5. The topological polar surface area (TPSA) is 57.5 Å². The van der Waals surface area contributed by atoms with Crippen molar-refractivity contribution in [1.29, 1.82) is 0 Å². The Morgan fingerprint density at radius 1 is 1.25 bits per heavy atom. The minimum absolute atomic E-state index is 0.0188. The average Bonchev–Trinajstić information content (AvgIpc) is 3.27. The van der Waals surface area contributed by atoms with Crippen molar-refractivity contribution in [2.75, 3.05) is 7.11 Å². The second-order valence-electron chi connectivity index (χ2n) is 6.43. The highest BCUT2D eigenvalue weighted by Gasteiger charge is 2.41. The maximum atomic E-state index is 12.5. The van der Waals surface area contributed by atoms with Crippen molar-refractivity contribution in [1.82, 2.24) is 3.96 Å². The van der Waals surface area contributed by atoms with Gasteiger partial charge in [-0.1, -0.05) is 23.7 Å². The molecule has 1 heterocycles. The van der Waals surface area contributed by atoms with Crippen LogP contribution in [-0.4, -0.2) is 17.0 Å². The maximum absolute atomic E-state index is 12.5. The van der Waals surface area contributed by atoms with E-state index in [1.54, 1.807) is 11.1 Å². The largest absolute Gasteiger partial charge is 0.497 e. The Morgan fingerprint density at radius 3 is 2.71 bits per heavy atom. The molecule has 2 bridgehead atoms. The Morgan fingerprint density at radius 2 is 2.00 bits per heavy atom. The molecule has 4 rings (SSSR count). The summed E-state index contributed by atoms with van der Waals surface area (Å²) in [5.41, 5.74) is 1.89. The van der Waals surface area contributed by atoms with Crippen molar-refractivity contribution < 1.29 is 14.3 Å². The molecule has 24 heavy (non-hydrogen) atoms. The van der Waals surface area contributed by atoms with Crippen LogP contribution in [0.2, 0.25) is 0 Å². The van der Waals surface area contributed by atoms with Crippen molar-refractivity contribution in [2.24, 2.45) is 0 Å². The molecule has 1 aromatic heterocycles. The number of carbonyl (C=O) groups excluding carboxylic acids is 1. The molecular formula is C18H19NO4S. The van der Waals surface area contributed by atoms with Gasteiger partial charge in [0.15, 0.2) is 6.73 Å². The number of fused-ring (bicyclic) bond motifs is 5. The van der Waals surface area contributed by atoms with Crippen molar-refractivity contribution in [3.8, 4) is 5.75 Å². The number of aromatic nitrogens is 1. The van der Waals surface area contributed by atoms with E-state index in [-0.39, 0.29) is 24.7 Å². The van der Waals surface area contributed by atoms with Gasteiger partial charge in [0.05, 0.1) is 13.5 Å². The number of methoxy groups -OCH3 is 1. The summed E-state index contributed by atoms with van der Waals surface area (Å²) in [7, 11) is 1.60. The Hall–Kier alpha value is -2.08. The van der Waals surface area contributed by atoms with Crippen LogP contribution in [0.15, 0.2) is 29.1 Å². The first-order valence-corrected chi connectivity index (χ1v) is 8.95. The zero-order chi connectivity index (χ0) is 16.7. The summed E-state index contributed by atoms with van der Waals surface area (Å²) in [4.78, 5) is 25.7. The van der Waals surface area contributed by atoms with E-state index >= 15 is 0 Å². The molecule has 0 amide bonds. The molecule has 6 heteroatoms. The zero-order valence-corrected chi connectivity index (χ0v) is 14.3. The van der Waals surface area contributed by atoms with Gasteiger partial charge >= 0.3 is 5.97 Å². The first-order chi connectivity index (χ1) is 11.7. The third kappa shape index (κ3) is 2.65. The molecule has 1 fully saturated rings. The number of benzene rings is 1. The molecule has 0 spiro atoms. The second kappa shape index (κ2) is 6.09. The van der Waals surface area contributed by atoms with Gasteiger partial charge in [-0.3, -0.25) is 9.59 Å². The Labute approximate surface area is 144 Å². The van der Waals surface area contributed by atoms with Crippen LogP contribution < -0.4 is 10.3 Å². The average molecular weight is 345 g/mol. The normalized spacial score (nSPS) is 20.9. The highest BCUT2D eigenvalue weighted by molar-refractivity contribution is 7.06. The summed E-state index contributed by atoms with van der Waals surface area (Å²) >= 11 is 1.48. The molecule has 0 N–H and O–H groups in total. The highest BCUT2D eigenvalue weighted by atomic mass is 32.1.